The number of ether oxygens (including phenoxy) is 1. The lowest BCUT2D eigenvalue weighted by Crippen LogP contribution is -2.66. The summed E-state index contributed by atoms with van der Waals surface area (Å²) in [5, 5.41) is 2.63. The van der Waals surface area contributed by atoms with Gasteiger partial charge in [-0.2, -0.15) is 0 Å². The molecule has 1 fully saturated rings. The normalized spacial score (nSPS) is 18.8. The van der Waals surface area contributed by atoms with Crippen LogP contribution in [0.5, 0.6) is 0 Å². The first-order valence-electron chi connectivity index (χ1n) is 11.8. The van der Waals surface area contributed by atoms with E-state index in [1.807, 2.05) is 6.08 Å². The van der Waals surface area contributed by atoms with Crippen LogP contribution in [0, 0.1) is 17.8 Å². The lowest BCUT2D eigenvalue weighted by atomic mass is 9.80. The number of esters is 1. The average molecular weight is 451 g/mol. The molecule has 3 rings (SSSR count). The average Bonchev–Trinajstić information content (AvgIpc) is 3.20. The lowest BCUT2D eigenvalue weighted by molar-refractivity contribution is -0.137. The van der Waals surface area contributed by atoms with E-state index in [4.69, 9.17) is 9.16 Å². The number of carbonyl (C=O) groups excluding carboxylic acids is 1. The summed E-state index contributed by atoms with van der Waals surface area (Å²) in [6.07, 6.45) is 4.55. The van der Waals surface area contributed by atoms with Gasteiger partial charge >= 0.3 is 5.97 Å². The molecule has 0 aromatic heterocycles. The van der Waals surface area contributed by atoms with Crippen molar-refractivity contribution in [3.05, 3.63) is 73.3 Å². The van der Waals surface area contributed by atoms with Gasteiger partial charge in [-0.15, -0.1) is 6.58 Å². The molecule has 1 saturated heterocycles. The Morgan fingerprint density at radius 3 is 2.09 bits per heavy atom. The van der Waals surface area contributed by atoms with Gasteiger partial charge in [-0.25, -0.2) is 0 Å². The highest BCUT2D eigenvalue weighted by Crippen LogP contribution is 2.37. The molecule has 0 unspecified atom stereocenters. The molecule has 3 atom stereocenters. The Balaban J connectivity index is 1.75. The first-order valence-corrected chi connectivity index (χ1v) is 13.7. The summed E-state index contributed by atoms with van der Waals surface area (Å²) < 4.78 is 12.2. The lowest BCUT2D eigenvalue weighted by Gasteiger charge is -2.43. The van der Waals surface area contributed by atoms with Crippen molar-refractivity contribution in [2.24, 2.45) is 17.8 Å². The third-order valence-electron chi connectivity index (χ3n) is 6.90. The first-order chi connectivity index (χ1) is 15.3. The van der Waals surface area contributed by atoms with Crippen LogP contribution >= 0.6 is 0 Å². The summed E-state index contributed by atoms with van der Waals surface area (Å²) >= 11 is 0. The van der Waals surface area contributed by atoms with E-state index in [1.165, 1.54) is 10.4 Å². The van der Waals surface area contributed by atoms with Crippen molar-refractivity contribution < 1.29 is 14.0 Å². The summed E-state index contributed by atoms with van der Waals surface area (Å²) in [5.74, 6) is 0.917. The maximum Gasteiger partial charge on any atom is 0.306 e. The minimum absolute atomic E-state index is 0.00742. The van der Waals surface area contributed by atoms with Crippen molar-refractivity contribution >= 4 is 24.7 Å². The number of rotatable bonds is 10. The molecule has 1 heterocycles. The Kier molecular flexibility index (Phi) is 8.13. The molecule has 0 aliphatic carbocycles. The number of carbonyl (C=O) groups is 1. The molecule has 2 aromatic carbocycles. The van der Waals surface area contributed by atoms with Crippen LogP contribution in [0.25, 0.3) is 0 Å². The van der Waals surface area contributed by atoms with E-state index in [2.05, 4.69) is 94.9 Å². The van der Waals surface area contributed by atoms with E-state index < -0.39 is 8.32 Å². The van der Waals surface area contributed by atoms with Gasteiger partial charge in [0.05, 0.1) is 13.0 Å². The zero-order chi connectivity index (χ0) is 23.2. The Labute approximate surface area is 195 Å². The summed E-state index contributed by atoms with van der Waals surface area (Å²) in [4.78, 5) is 11.6. The predicted molar refractivity (Wildman–Crippen MR) is 135 cm³/mol. The first kappa shape index (κ1) is 24.5. The number of hydrogen-bond donors (Lipinski definition) is 0. The van der Waals surface area contributed by atoms with Crippen LogP contribution in [0.4, 0.5) is 0 Å². The van der Waals surface area contributed by atoms with Crippen LogP contribution in [0.2, 0.25) is 5.04 Å². The molecule has 1 aliphatic heterocycles. The minimum atomic E-state index is -2.48. The van der Waals surface area contributed by atoms with Gasteiger partial charge in [0.25, 0.3) is 8.32 Å². The number of benzene rings is 2. The Morgan fingerprint density at radius 1 is 1.09 bits per heavy atom. The van der Waals surface area contributed by atoms with Crippen LogP contribution in [-0.4, -0.2) is 27.5 Å². The summed E-state index contributed by atoms with van der Waals surface area (Å²) in [6.45, 7) is 14.5. The molecule has 0 saturated carbocycles. The third kappa shape index (κ3) is 5.24. The maximum absolute atomic E-state index is 11.6. The standard InChI is InChI=1S/C28H38O3Si/c1-6-26(23-20-27(29)30-21-23)22(2)14-13-19-31-32(28(3,4)5,24-15-9-7-10-16-24)25-17-11-8-12-18-25/h6-12,15-18,22-23,26H,1,13-14,19-21H2,2-5H3/t22-,23-,26+/m1/s1. The number of hydrogen-bond acceptors (Lipinski definition) is 3. The molecule has 4 heteroatoms. The SMILES string of the molecule is C=C[C@H]([C@H]1COC(=O)C1)[C@H](C)CCCO[Si](c1ccccc1)(c1ccccc1)C(C)(C)C. The van der Waals surface area contributed by atoms with Crippen LogP contribution < -0.4 is 10.4 Å². The van der Waals surface area contributed by atoms with E-state index in [0.29, 0.717) is 24.9 Å². The Hall–Kier alpha value is -2.17. The molecular formula is C28H38O3Si. The molecule has 2 aromatic rings. The largest absolute Gasteiger partial charge is 0.465 e. The fourth-order valence-corrected chi connectivity index (χ4v) is 9.86. The van der Waals surface area contributed by atoms with Crippen molar-refractivity contribution in [3.8, 4) is 0 Å². The summed E-state index contributed by atoms with van der Waals surface area (Å²) in [7, 11) is -2.48. The fourth-order valence-electron chi connectivity index (χ4n) is 5.25. The van der Waals surface area contributed by atoms with Crippen molar-refractivity contribution in [3.63, 3.8) is 0 Å². The Bertz CT molecular complexity index is 833. The van der Waals surface area contributed by atoms with Crippen molar-refractivity contribution in [1.82, 2.24) is 0 Å². The summed E-state index contributed by atoms with van der Waals surface area (Å²) in [5.41, 5.74) is 0. The van der Waals surface area contributed by atoms with Crippen LogP contribution in [0.1, 0.15) is 47.0 Å². The third-order valence-corrected chi connectivity index (χ3v) is 11.9. The smallest absolute Gasteiger partial charge is 0.306 e. The van der Waals surface area contributed by atoms with Gasteiger partial charge in [0.15, 0.2) is 0 Å². The highest BCUT2D eigenvalue weighted by Gasteiger charge is 2.50. The number of allylic oxidation sites excluding steroid dienone is 1. The molecule has 32 heavy (non-hydrogen) atoms. The Morgan fingerprint density at radius 2 is 1.66 bits per heavy atom. The maximum atomic E-state index is 11.6. The van der Waals surface area contributed by atoms with Gasteiger partial charge in [0, 0.05) is 12.5 Å². The molecule has 0 radical (unpaired) electrons. The molecule has 172 valence electrons. The van der Waals surface area contributed by atoms with E-state index in [9.17, 15) is 4.79 Å². The minimum Gasteiger partial charge on any atom is -0.465 e. The second kappa shape index (κ2) is 10.6. The van der Waals surface area contributed by atoms with E-state index in [0.717, 1.165) is 19.4 Å². The van der Waals surface area contributed by atoms with Gasteiger partial charge in [-0.05, 0) is 40.1 Å². The monoisotopic (exact) mass is 450 g/mol. The zero-order valence-electron chi connectivity index (χ0n) is 20.1. The van der Waals surface area contributed by atoms with E-state index in [-0.39, 0.29) is 16.9 Å². The van der Waals surface area contributed by atoms with E-state index in [1.54, 1.807) is 0 Å². The van der Waals surface area contributed by atoms with E-state index >= 15 is 0 Å². The molecule has 0 amide bonds. The molecule has 0 bridgehead atoms. The van der Waals surface area contributed by atoms with Crippen molar-refractivity contribution in [2.45, 2.75) is 52.0 Å². The topological polar surface area (TPSA) is 35.5 Å². The van der Waals surface area contributed by atoms with Gasteiger partial charge < -0.3 is 9.16 Å². The predicted octanol–water partition coefficient (Wildman–Crippen LogP) is 5.34. The molecule has 0 spiro atoms. The molecular weight excluding hydrogens is 412 g/mol. The van der Waals surface area contributed by atoms with Gasteiger partial charge in [-0.3, -0.25) is 4.79 Å². The van der Waals surface area contributed by atoms with Crippen LogP contribution in [0.3, 0.4) is 0 Å². The second-order valence-corrected chi connectivity index (χ2v) is 14.4. The van der Waals surface area contributed by atoms with Crippen molar-refractivity contribution in [1.29, 1.82) is 0 Å². The van der Waals surface area contributed by atoms with Crippen LogP contribution in [-0.2, 0) is 14.0 Å². The quantitative estimate of drug-likeness (QED) is 0.212. The molecule has 1 aliphatic rings. The van der Waals surface area contributed by atoms with Gasteiger partial charge in [-0.1, -0.05) is 94.4 Å². The summed E-state index contributed by atoms with van der Waals surface area (Å²) in [6, 6.07) is 21.6. The second-order valence-electron chi connectivity index (χ2n) is 10.1. The molecule has 3 nitrogen and oxygen atoms in total. The highest BCUT2D eigenvalue weighted by molar-refractivity contribution is 6.99. The van der Waals surface area contributed by atoms with Crippen LogP contribution in [0.15, 0.2) is 73.3 Å². The van der Waals surface area contributed by atoms with Gasteiger partial charge in [0.2, 0.25) is 0 Å². The molecule has 0 N–H and O–H groups in total. The van der Waals surface area contributed by atoms with Crippen molar-refractivity contribution in [2.75, 3.05) is 13.2 Å². The highest BCUT2D eigenvalue weighted by atomic mass is 28.4. The number of cyclic esters (lactones) is 1. The fraction of sp³-hybridized carbons (Fsp3) is 0.464. The zero-order valence-corrected chi connectivity index (χ0v) is 21.1. The van der Waals surface area contributed by atoms with Gasteiger partial charge in [0.1, 0.15) is 0 Å².